The molecule has 0 bridgehead atoms. The van der Waals surface area contributed by atoms with E-state index in [0.717, 1.165) is 17.1 Å². The molecule has 60 heavy (non-hydrogen) atoms. The lowest BCUT2D eigenvalue weighted by Gasteiger charge is -2.33. The molecule has 2 aliphatic rings. The van der Waals surface area contributed by atoms with E-state index < -0.39 is 0 Å². The minimum absolute atomic E-state index is 0.110. The topological polar surface area (TPSA) is 3.24 Å². The smallest absolute Gasteiger partial charge is 0.0540 e. The molecule has 0 N–H and O–H groups in total. The maximum absolute atomic E-state index is 2.53. The van der Waals surface area contributed by atoms with E-state index in [2.05, 4.69) is 244 Å². The molecule has 9 aromatic rings. The zero-order valence-electron chi connectivity index (χ0n) is 34.2. The molecule has 0 heterocycles. The van der Waals surface area contributed by atoms with Gasteiger partial charge in [-0.2, -0.15) is 0 Å². The fourth-order valence-corrected chi connectivity index (χ4v) is 10.4. The predicted molar refractivity (Wildman–Crippen MR) is 252 cm³/mol. The van der Waals surface area contributed by atoms with Crippen LogP contribution in [-0.4, -0.2) is 0 Å². The summed E-state index contributed by atoms with van der Waals surface area (Å²) in [7, 11) is 0. The highest BCUT2D eigenvalue weighted by Gasteiger charge is 2.41. The summed E-state index contributed by atoms with van der Waals surface area (Å²) in [5, 5.41) is 0. The zero-order chi connectivity index (χ0) is 40.4. The first-order valence-electron chi connectivity index (χ1n) is 21.1. The van der Waals surface area contributed by atoms with E-state index in [9.17, 15) is 0 Å². The summed E-state index contributed by atoms with van der Waals surface area (Å²) < 4.78 is 0. The number of para-hydroxylation sites is 1. The molecular weight excluding hydrogens is 723 g/mol. The van der Waals surface area contributed by atoms with Gasteiger partial charge in [0.2, 0.25) is 0 Å². The fourth-order valence-electron chi connectivity index (χ4n) is 10.4. The fraction of sp³-hybridized carbons (Fsp3) is 0.0847. The molecule has 0 aliphatic heterocycles. The van der Waals surface area contributed by atoms with Gasteiger partial charge >= 0.3 is 0 Å². The average molecular weight is 768 g/mol. The van der Waals surface area contributed by atoms with Gasteiger partial charge in [0.1, 0.15) is 0 Å². The number of benzene rings is 9. The molecule has 1 nitrogen and oxygen atoms in total. The minimum atomic E-state index is -0.344. The lowest BCUT2D eigenvalue weighted by molar-refractivity contribution is 0.660. The van der Waals surface area contributed by atoms with Crippen molar-refractivity contribution in [2.45, 2.75) is 31.6 Å². The SMILES string of the molecule is CC1(C)c2ccccc2-c2c(-c3ccccc3N(c3ccc4c(c3)C(C)(c3ccccc3)c3ccccc3-4)c3ccc(-c4ccccc4)cc3-c3ccccc3)cccc21. The first-order chi connectivity index (χ1) is 29.4. The summed E-state index contributed by atoms with van der Waals surface area (Å²) in [6.07, 6.45) is 0. The number of hydrogen-bond donors (Lipinski definition) is 0. The average Bonchev–Trinajstić information content (AvgIpc) is 3.71. The van der Waals surface area contributed by atoms with Crippen molar-refractivity contribution in [3.05, 3.63) is 246 Å². The van der Waals surface area contributed by atoms with Crippen LogP contribution in [0.3, 0.4) is 0 Å². The van der Waals surface area contributed by atoms with Crippen LogP contribution in [0.1, 0.15) is 48.6 Å². The highest BCUT2D eigenvalue weighted by molar-refractivity contribution is 6.00. The zero-order valence-corrected chi connectivity index (χ0v) is 34.2. The van der Waals surface area contributed by atoms with Gasteiger partial charge in [-0.1, -0.05) is 202 Å². The van der Waals surface area contributed by atoms with Crippen LogP contribution in [-0.2, 0) is 10.8 Å². The van der Waals surface area contributed by atoms with Gasteiger partial charge in [0, 0.05) is 27.6 Å². The van der Waals surface area contributed by atoms with E-state index in [1.807, 2.05) is 0 Å². The molecule has 0 fully saturated rings. The van der Waals surface area contributed by atoms with Gasteiger partial charge in [-0.3, -0.25) is 0 Å². The number of rotatable bonds is 7. The van der Waals surface area contributed by atoms with Crippen LogP contribution >= 0.6 is 0 Å². The van der Waals surface area contributed by atoms with Crippen molar-refractivity contribution in [3.8, 4) is 55.6 Å². The largest absolute Gasteiger partial charge is 0.309 e. The standard InChI is InChI=1S/C59H45N/c1-58(2)51-30-16-14-28-49(51)57-48(29-19-32-53(57)58)47-27-15-18-33-55(47)60(56-37-34-42(40-20-7-4-8-21-40)38-50(56)41-22-9-5-10-23-41)44-35-36-46-45-26-13-17-31-52(45)59(3,54(46)39-44)43-24-11-6-12-25-43/h4-39H,1-3H3. The van der Waals surface area contributed by atoms with E-state index in [-0.39, 0.29) is 10.8 Å². The van der Waals surface area contributed by atoms with Crippen molar-refractivity contribution in [2.24, 2.45) is 0 Å². The molecule has 0 radical (unpaired) electrons. The van der Waals surface area contributed by atoms with Gasteiger partial charge in [-0.25, -0.2) is 0 Å². The third-order valence-corrected chi connectivity index (χ3v) is 13.4. The van der Waals surface area contributed by atoms with E-state index in [4.69, 9.17) is 0 Å². The molecular formula is C59H45N. The van der Waals surface area contributed by atoms with Gasteiger partial charge in [0.15, 0.2) is 0 Å². The van der Waals surface area contributed by atoms with Crippen LogP contribution in [0, 0.1) is 0 Å². The van der Waals surface area contributed by atoms with Crippen LogP contribution in [0.25, 0.3) is 55.6 Å². The van der Waals surface area contributed by atoms with Crippen molar-refractivity contribution in [2.75, 3.05) is 4.90 Å². The molecule has 286 valence electrons. The number of fused-ring (bicyclic) bond motifs is 6. The lowest BCUT2D eigenvalue weighted by atomic mass is 9.74. The van der Waals surface area contributed by atoms with E-state index in [1.165, 1.54) is 83.5 Å². The Morgan fingerprint density at radius 2 is 0.867 bits per heavy atom. The molecule has 0 amide bonds. The minimum Gasteiger partial charge on any atom is -0.309 e. The molecule has 1 heteroatoms. The third kappa shape index (κ3) is 5.46. The molecule has 0 saturated carbocycles. The predicted octanol–water partition coefficient (Wildman–Crippen LogP) is 15.8. The maximum atomic E-state index is 2.53. The second-order valence-electron chi connectivity index (χ2n) is 17.0. The Morgan fingerprint density at radius 3 is 1.62 bits per heavy atom. The molecule has 1 atom stereocenters. The maximum Gasteiger partial charge on any atom is 0.0540 e. The van der Waals surface area contributed by atoms with Gasteiger partial charge in [-0.05, 0) is 110 Å². The van der Waals surface area contributed by atoms with Crippen LogP contribution in [0.15, 0.2) is 218 Å². The second kappa shape index (κ2) is 14.0. The summed E-state index contributed by atoms with van der Waals surface area (Å²) in [5.74, 6) is 0. The summed E-state index contributed by atoms with van der Waals surface area (Å²) in [5.41, 5.74) is 22.0. The Morgan fingerprint density at radius 1 is 0.317 bits per heavy atom. The summed E-state index contributed by atoms with van der Waals surface area (Å²) in [6, 6.07) is 80.8. The molecule has 1 unspecified atom stereocenters. The number of hydrogen-bond acceptors (Lipinski definition) is 1. The van der Waals surface area contributed by atoms with Crippen LogP contribution in [0.2, 0.25) is 0 Å². The van der Waals surface area contributed by atoms with E-state index in [1.54, 1.807) is 0 Å². The monoisotopic (exact) mass is 767 g/mol. The summed E-state index contributed by atoms with van der Waals surface area (Å²) in [4.78, 5) is 2.53. The Kier molecular flexibility index (Phi) is 8.36. The summed E-state index contributed by atoms with van der Waals surface area (Å²) >= 11 is 0. The number of anilines is 3. The number of nitrogens with zero attached hydrogens (tertiary/aromatic N) is 1. The Labute approximate surface area is 353 Å². The molecule has 0 aromatic heterocycles. The van der Waals surface area contributed by atoms with Crippen molar-refractivity contribution in [1.29, 1.82) is 0 Å². The van der Waals surface area contributed by atoms with Crippen LogP contribution in [0.4, 0.5) is 17.1 Å². The Bertz CT molecular complexity index is 3070. The quantitative estimate of drug-likeness (QED) is 0.156. The van der Waals surface area contributed by atoms with Gasteiger partial charge in [-0.15, -0.1) is 0 Å². The first-order valence-corrected chi connectivity index (χ1v) is 21.1. The van der Waals surface area contributed by atoms with Crippen LogP contribution in [0.5, 0.6) is 0 Å². The highest BCUT2D eigenvalue weighted by Crippen LogP contribution is 2.57. The van der Waals surface area contributed by atoms with E-state index >= 15 is 0 Å². The van der Waals surface area contributed by atoms with Gasteiger partial charge < -0.3 is 4.90 Å². The molecule has 0 saturated heterocycles. The molecule has 2 aliphatic carbocycles. The van der Waals surface area contributed by atoms with Crippen molar-refractivity contribution < 1.29 is 0 Å². The first kappa shape index (κ1) is 35.9. The molecule has 9 aromatic carbocycles. The lowest BCUT2D eigenvalue weighted by Crippen LogP contribution is -2.23. The normalized spacial score (nSPS) is 15.4. The summed E-state index contributed by atoms with van der Waals surface area (Å²) in [6.45, 7) is 7.14. The third-order valence-electron chi connectivity index (χ3n) is 13.4. The second-order valence-corrected chi connectivity index (χ2v) is 17.0. The van der Waals surface area contributed by atoms with Crippen molar-refractivity contribution in [1.82, 2.24) is 0 Å². The Hall–Kier alpha value is -7.22. The van der Waals surface area contributed by atoms with E-state index in [0.29, 0.717) is 0 Å². The Balaban J connectivity index is 1.20. The van der Waals surface area contributed by atoms with Crippen molar-refractivity contribution in [3.63, 3.8) is 0 Å². The van der Waals surface area contributed by atoms with Crippen LogP contribution < -0.4 is 4.90 Å². The van der Waals surface area contributed by atoms with Gasteiger partial charge in [0.05, 0.1) is 11.4 Å². The van der Waals surface area contributed by atoms with Gasteiger partial charge in [0.25, 0.3) is 0 Å². The molecule has 11 rings (SSSR count). The molecule has 0 spiro atoms. The highest BCUT2D eigenvalue weighted by atomic mass is 15.1. The van der Waals surface area contributed by atoms with Crippen molar-refractivity contribution >= 4 is 17.1 Å².